The molecule has 1 amide bonds. The van der Waals surface area contributed by atoms with Crippen molar-refractivity contribution in [2.45, 2.75) is 25.4 Å². The largest absolute Gasteiger partial charge is 0.480 e. The van der Waals surface area contributed by atoms with Gasteiger partial charge < -0.3 is 16.2 Å². The van der Waals surface area contributed by atoms with Crippen LogP contribution in [0.1, 0.15) is 18.4 Å². The van der Waals surface area contributed by atoms with E-state index in [1.54, 1.807) is 0 Å². The normalized spacial score (nSPS) is 12.6. The molecule has 0 aliphatic carbocycles. The second-order valence-electron chi connectivity index (χ2n) is 6.84. The van der Waals surface area contributed by atoms with Crippen LogP contribution < -0.4 is 11.1 Å². The van der Waals surface area contributed by atoms with Gasteiger partial charge in [-0.15, -0.1) is 0 Å². The summed E-state index contributed by atoms with van der Waals surface area (Å²) in [6.07, 6.45) is 0.221. The van der Waals surface area contributed by atoms with E-state index in [1.807, 2.05) is 6.07 Å². The zero-order valence-electron chi connectivity index (χ0n) is 14.7. The summed E-state index contributed by atoms with van der Waals surface area (Å²) in [7, 11) is 0. The molecule has 4 rings (SSSR count). The van der Waals surface area contributed by atoms with Gasteiger partial charge in [0.2, 0.25) is 5.91 Å². The Morgan fingerprint density at radius 3 is 2.26 bits per heavy atom. The van der Waals surface area contributed by atoms with E-state index < -0.39 is 12.0 Å². The molecule has 27 heavy (non-hydrogen) atoms. The summed E-state index contributed by atoms with van der Waals surface area (Å²) in [5, 5.41) is 18.8. The second kappa shape index (κ2) is 6.85. The van der Waals surface area contributed by atoms with Crippen LogP contribution in [-0.2, 0) is 16.1 Å². The highest BCUT2D eigenvalue weighted by Gasteiger charge is 2.14. The Balaban J connectivity index is 1.61. The molecule has 4 aromatic carbocycles. The minimum atomic E-state index is -1.09. The lowest BCUT2D eigenvalue weighted by Gasteiger charge is -2.14. The Bertz CT molecular complexity index is 1140. The van der Waals surface area contributed by atoms with Crippen LogP contribution in [0.4, 0.5) is 0 Å². The lowest BCUT2D eigenvalue weighted by atomic mass is 9.92. The van der Waals surface area contributed by atoms with Gasteiger partial charge in [-0.2, -0.15) is 0 Å². The molecule has 0 radical (unpaired) electrons. The molecule has 0 fully saturated rings. The smallest absolute Gasteiger partial charge is 0.320 e. The Hall–Kier alpha value is -3.18. The van der Waals surface area contributed by atoms with Gasteiger partial charge in [0.05, 0.1) is 0 Å². The first-order chi connectivity index (χ1) is 13.0. The molecule has 1 atom stereocenters. The number of rotatable bonds is 6. The summed E-state index contributed by atoms with van der Waals surface area (Å²) in [6, 6.07) is 17.9. The first kappa shape index (κ1) is 17.2. The van der Waals surface area contributed by atoms with Crippen LogP contribution in [0.25, 0.3) is 32.3 Å². The number of hydrogen-bond donors (Lipinski definition) is 3. The van der Waals surface area contributed by atoms with E-state index in [4.69, 9.17) is 10.8 Å². The predicted molar refractivity (Wildman–Crippen MR) is 107 cm³/mol. The van der Waals surface area contributed by atoms with Crippen molar-refractivity contribution in [1.82, 2.24) is 5.32 Å². The van der Waals surface area contributed by atoms with E-state index in [0.717, 1.165) is 10.9 Å². The first-order valence-electron chi connectivity index (χ1n) is 8.95. The Kier molecular flexibility index (Phi) is 4.38. The summed E-state index contributed by atoms with van der Waals surface area (Å²) in [4.78, 5) is 22.8. The van der Waals surface area contributed by atoms with Crippen molar-refractivity contribution in [3.8, 4) is 0 Å². The van der Waals surface area contributed by atoms with E-state index in [0.29, 0.717) is 6.54 Å². The highest BCUT2D eigenvalue weighted by Crippen LogP contribution is 2.35. The molecule has 0 bridgehead atoms. The number of carbonyl (C=O) groups excluding carboxylic acids is 1. The standard InChI is InChI=1S/C22H20N2O3/c23-18(22(26)27)10-11-19(25)24-12-16-7-6-15-5-4-13-2-1-3-14-8-9-17(16)21(15)20(13)14/h1-9,18H,10-12,23H2,(H,24,25)(H,26,27)/t18-/m0/s1. The van der Waals surface area contributed by atoms with Crippen molar-refractivity contribution in [2.75, 3.05) is 0 Å². The van der Waals surface area contributed by atoms with Gasteiger partial charge in [0.1, 0.15) is 6.04 Å². The third-order valence-corrected chi connectivity index (χ3v) is 5.09. The highest BCUT2D eigenvalue weighted by atomic mass is 16.4. The number of nitrogens with two attached hydrogens (primary N) is 1. The van der Waals surface area contributed by atoms with Crippen molar-refractivity contribution in [2.24, 2.45) is 5.73 Å². The number of nitrogens with one attached hydrogen (secondary N) is 1. The Morgan fingerprint density at radius 2 is 1.56 bits per heavy atom. The van der Waals surface area contributed by atoms with Gasteiger partial charge in [-0.1, -0.05) is 54.6 Å². The molecule has 0 heterocycles. The van der Waals surface area contributed by atoms with Crippen LogP contribution in [0.3, 0.4) is 0 Å². The van der Waals surface area contributed by atoms with Gasteiger partial charge in [0.25, 0.3) is 0 Å². The fourth-order valence-electron chi connectivity index (χ4n) is 3.64. The van der Waals surface area contributed by atoms with E-state index >= 15 is 0 Å². The molecular formula is C22H20N2O3. The molecule has 0 aliphatic rings. The quantitative estimate of drug-likeness (QED) is 0.460. The fourth-order valence-corrected chi connectivity index (χ4v) is 3.64. The average Bonchev–Trinajstić information content (AvgIpc) is 2.69. The predicted octanol–water partition coefficient (Wildman–Crippen LogP) is 3.39. The molecule has 0 saturated carbocycles. The molecule has 5 nitrogen and oxygen atoms in total. The van der Waals surface area contributed by atoms with Gasteiger partial charge in [0, 0.05) is 13.0 Å². The number of carbonyl (C=O) groups is 2. The maximum Gasteiger partial charge on any atom is 0.320 e. The number of carboxylic acids is 1. The van der Waals surface area contributed by atoms with Crippen LogP contribution in [0.5, 0.6) is 0 Å². The zero-order chi connectivity index (χ0) is 19.0. The van der Waals surface area contributed by atoms with E-state index in [-0.39, 0.29) is 18.7 Å². The van der Waals surface area contributed by atoms with E-state index in [1.165, 1.54) is 26.9 Å². The number of hydrogen-bond acceptors (Lipinski definition) is 3. The van der Waals surface area contributed by atoms with Crippen LogP contribution >= 0.6 is 0 Å². The van der Waals surface area contributed by atoms with E-state index in [9.17, 15) is 9.59 Å². The fraction of sp³-hybridized carbons (Fsp3) is 0.182. The molecule has 5 heteroatoms. The van der Waals surface area contributed by atoms with Crippen molar-refractivity contribution in [1.29, 1.82) is 0 Å². The van der Waals surface area contributed by atoms with Crippen LogP contribution in [-0.4, -0.2) is 23.0 Å². The van der Waals surface area contributed by atoms with E-state index in [2.05, 4.69) is 53.8 Å². The number of benzene rings is 4. The van der Waals surface area contributed by atoms with Gasteiger partial charge in [-0.3, -0.25) is 9.59 Å². The summed E-state index contributed by atoms with van der Waals surface area (Å²) in [5.74, 6) is -1.29. The topological polar surface area (TPSA) is 92.4 Å². The first-order valence-corrected chi connectivity index (χ1v) is 8.95. The lowest BCUT2D eigenvalue weighted by molar-refractivity contribution is -0.138. The minimum absolute atomic E-state index is 0.0965. The minimum Gasteiger partial charge on any atom is -0.480 e. The van der Waals surface area contributed by atoms with Crippen molar-refractivity contribution in [3.63, 3.8) is 0 Å². The van der Waals surface area contributed by atoms with Gasteiger partial charge in [0.15, 0.2) is 0 Å². The number of amides is 1. The third kappa shape index (κ3) is 3.17. The van der Waals surface area contributed by atoms with Crippen molar-refractivity contribution < 1.29 is 14.7 Å². The second-order valence-corrected chi connectivity index (χ2v) is 6.84. The average molecular weight is 360 g/mol. The molecule has 136 valence electrons. The zero-order valence-corrected chi connectivity index (χ0v) is 14.7. The maximum atomic E-state index is 12.1. The lowest BCUT2D eigenvalue weighted by Crippen LogP contribution is -2.32. The monoisotopic (exact) mass is 360 g/mol. The van der Waals surface area contributed by atoms with Crippen LogP contribution in [0, 0.1) is 0 Å². The Labute approximate surface area is 156 Å². The molecule has 0 aliphatic heterocycles. The molecule has 0 saturated heterocycles. The summed E-state index contributed by atoms with van der Waals surface area (Å²) >= 11 is 0. The maximum absolute atomic E-state index is 12.1. The van der Waals surface area contributed by atoms with Gasteiger partial charge in [-0.25, -0.2) is 0 Å². The summed E-state index contributed by atoms with van der Waals surface area (Å²) < 4.78 is 0. The summed E-state index contributed by atoms with van der Waals surface area (Å²) in [5.41, 5.74) is 6.49. The molecule has 4 aromatic rings. The third-order valence-electron chi connectivity index (χ3n) is 5.09. The summed E-state index contributed by atoms with van der Waals surface area (Å²) in [6.45, 7) is 0.398. The van der Waals surface area contributed by atoms with Crippen LogP contribution in [0.2, 0.25) is 0 Å². The molecular weight excluding hydrogens is 340 g/mol. The SMILES string of the molecule is N[C@@H](CCC(=O)NCc1ccc2ccc3cccc4ccc1c2c34)C(=O)O. The number of aliphatic carboxylic acids is 1. The molecule has 0 unspecified atom stereocenters. The molecule has 4 N–H and O–H groups in total. The number of carboxylic acid groups (broad SMARTS) is 1. The van der Waals surface area contributed by atoms with Crippen molar-refractivity contribution in [3.05, 3.63) is 60.2 Å². The highest BCUT2D eigenvalue weighted by molar-refractivity contribution is 6.23. The van der Waals surface area contributed by atoms with Gasteiger partial charge >= 0.3 is 5.97 Å². The molecule has 0 spiro atoms. The Morgan fingerprint density at radius 1 is 0.926 bits per heavy atom. The van der Waals surface area contributed by atoms with Gasteiger partial charge in [-0.05, 0) is 44.3 Å². The molecule has 0 aromatic heterocycles. The van der Waals surface area contributed by atoms with Crippen molar-refractivity contribution >= 4 is 44.2 Å². The van der Waals surface area contributed by atoms with Crippen LogP contribution in [0.15, 0.2) is 54.6 Å².